The number of carbonyl (C=O) groups excluding carboxylic acids is 4. The van der Waals surface area contributed by atoms with Gasteiger partial charge in [-0.1, -0.05) is 6.07 Å². The lowest BCUT2D eigenvalue weighted by Gasteiger charge is -2.09. The van der Waals surface area contributed by atoms with Gasteiger partial charge in [0.2, 0.25) is 0 Å². The second-order valence-corrected chi connectivity index (χ2v) is 7.66. The number of esters is 1. The molecule has 34 heavy (non-hydrogen) atoms. The Kier molecular flexibility index (Phi) is 8.19. The van der Waals surface area contributed by atoms with E-state index < -0.39 is 24.4 Å². The summed E-state index contributed by atoms with van der Waals surface area (Å²) in [5, 5.41) is 7.05. The van der Waals surface area contributed by atoms with Crippen LogP contribution in [0.3, 0.4) is 0 Å². The summed E-state index contributed by atoms with van der Waals surface area (Å²) in [6.07, 6.45) is 0. The summed E-state index contributed by atoms with van der Waals surface area (Å²) in [7, 11) is 1.53. The van der Waals surface area contributed by atoms with Crippen molar-refractivity contribution in [3.8, 4) is 11.5 Å². The Hall–Kier alpha value is -4.38. The highest BCUT2D eigenvalue weighted by molar-refractivity contribution is 7.14. The maximum absolute atomic E-state index is 12.2. The van der Waals surface area contributed by atoms with Crippen molar-refractivity contribution < 1.29 is 33.4 Å². The molecule has 0 aliphatic heterocycles. The number of amides is 3. The van der Waals surface area contributed by atoms with Gasteiger partial charge in [-0.05, 0) is 47.8 Å². The van der Waals surface area contributed by atoms with Crippen LogP contribution in [0.5, 0.6) is 11.5 Å². The van der Waals surface area contributed by atoms with Gasteiger partial charge in [0.25, 0.3) is 17.7 Å². The Morgan fingerprint density at radius 1 is 0.912 bits per heavy atom. The molecule has 10 nitrogen and oxygen atoms in total. The molecule has 0 radical (unpaired) electrons. The monoisotopic (exact) mass is 483 g/mol. The number of hydrogen-bond donors (Lipinski definition) is 3. The highest BCUT2D eigenvalue weighted by Crippen LogP contribution is 2.22. The van der Waals surface area contributed by atoms with Crippen LogP contribution in [0.4, 0.5) is 10.7 Å². The zero-order valence-electron chi connectivity index (χ0n) is 18.0. The number of hydrogen-bond acceptors (Lipinski definition) is 8. The summed E-state index contributed by atoms with van der Waals surface area (Å²) >= 11 is 1.13. The molecule has 0 atom stereocenters. The van der Waals surface area contributed by atoms with E-state index in [1.807, 2.05) is 0 Å². The Labute approximate surface area is 198 Å². The maximum atomic E-state index is 12.2. The van der Waals surface area contributed by atoms with E-state index in [1.165, 1.54) is 37.4 Å². The summed E-state index contributed by atoms with van der Waals surface area (Å²) in [6.45, 7) is -0.783. The first-order valence-electron chi connectivity index (χ1n) is 9.86. The van der Waals surface area contributed by atoms with Crippen LogP contribution < -0.4 is 25.8 Å². The Balaban J connectivity index is 1.44. The molecule has 1 heterocycles. The first-order valence-corrected chi connectivity index (χ1v) is 10.7. The molecule has 1 aromatic heterocycles. The third-order valence-electron chi connectivity index (χ3n) is 4.33. The van der Waals surface area contributed by atoms with E-state index in [1.54, 1.807) is 29.6 Å². The Morgan fingerprint density at radius 3 is 2.35 bits per heavy atom. The van der Waals surface area contributed by atoms with Crippen LogP contribution in [0.1, 0.15) is 20.7 Å². The van der Waals surface area contributed by atoms with Gasteiger partial charge in [-0.3, -0.25) is 14.4 Å². The van der Waals surface area contributed by atoms with Crippen LogP contribution in [-0.4, -0.2) is 44.0 Å². The average Bonchev–Trinajstić information content (AvgIpc) is 3.30. The predicted molar refractivity (Wildman–Crippen MR) is 125 cm³/mol. The van der Waals surface area contributed by atoms with Gasteiger partial charge in [0.1, 0.15) is 16.5 Å². The summed E-state index contributed by atoms with van der Waals surface area (Å²) in [4.78, 5) is 47.5. The molecule has 0 aliphatic rings. The molecule has 0 aliphatic carbocycles. The molecule has 176 valence electrons. The fourth-order valence-electron chi connectivity index (χ4n) is 2.71. The number of nitrogens with one attached hydrogen (secondary N) is 2. The number of methoxy groups -OCH3 is 1. The lowest BCUT2D eigenvalue weighted by atomic mass is 10.2. The molecule has 0 unspecified atom stereocenters. The first kappa shape index (κ1) is 24.3. The van der Waals surface area contributed by atoms with E-state index in [2.05, 4.69) is 10.6 Å². The molecule has 11 heteroatoms. The van der Waals surface area contributed by atoms with Gasteiger partial charge in [-0.2, -0.15) is 0 Å². The summed E-state index contributed by atoms with van der Waals surface area (Å²) in [5.74, 6) is -1.40. The molecule has 0 saturated carbocycles. The van der Waals surface area contributed by atoms with Crippen LogP contribution in [0.2, 0.25) is 0 Å². The van der Waals surface area contributed by atoms with Gasteiger partial charge in [0, 0.05) is 11.8 Å². The van der Waals surface area contributed by atoms with Gasteiger partial charge < -0.3 is 30.6 Å². The van der Waals surface area contributed by atoms with E-state index in [-0.39, 0.29) is 28.6 Å². The van der Waals surface area contributed by atoms with Crippen LogP contribution in [-0.2, 0) is 14.3 Å². The SMILES string of the molecule is COc1cccc(NC(=O)COc2ccc(C(=O)OCC(=O)Nc3sccc3C(N)=O)cc2)c1. The number of thiophene rings is 1. The van der Waals surface area contributed by atoms with Crippen molar-refractivity contribution in [2.75, 3.05) is 31.0 Å². The first-order chi connectivity index (χ1) is 16.4. The van der Waals surface area contributed by atoms with Gasteiger partial charge in [0.15, 0.2) is 13.2 Å². The van der Waals surface area contributed by atoms with Crippen molar-refractivity contribution in [2.45, 2.75) is 0 Å². The number of carbonyl (C=O) groups is 4. The van der Waals surface area contributed by atoms with Crippen LogP contribution in [0.25, 0.3) is 0 Å². The topological polar surface area (TPSA) is 146 Å². The molecule has 3 aromatic rings. The largest absolute Gasteiger partial charge is 0.497 e. The van der Waals surface area contributed by atoms with Gasteiger partial charge in [-0.15, -0.1) is 11.3 Å². The van der Waals surface area contributed by atoms with Crippen molar-refractivity contribution >= 4 is 45.7 Å². The third-order valence-corrected chi connectivity index (χ3v) is 5.16. The Bertz CT molecular complexity index is 1190. The maximum Gasteiger partial charge on any atom is 0.338 e. The molecule has 0 spiro atoms. The minimum Gasteiger partial charge on any atom is -0.497 e. The minimum absolute atomic E-state index is 0.178. The van der Waals surface area contributed by atoms with E-state index in [0.29, 0.717) is 17.2 Å². The standard InChI is InChI=1S/C23H21N3O7S/c1-31-17-4-2-3-15(11-17)25-19(27)12-32-16-7-5-14(6-8-16)23(30)33-13-20(28)26-22-18(21(24)29)9-10-34-22/h2-11H,12-13H2,1H3,(H2,24,29)(H,25,27)(H,26,28). The molecule has 3 amide bonds. The number of benzene rings is 2. The van der Waals surface area contributed by atoms with Crippen molar-refractivity contribution in [3.63, 3.8) is 0 Å². The van der Waals surface area contributed by atoms with E-state index in [9.17, 15) is 19.2 Å². The number of ether oxygens (including phenoxy) is 3. The lowest BCUT2D eigenvalue weighted by Crippen LogP contribution is -2.22. The molecule has 3 rings (SSSR count). The smallest absolute Gasteiger partial charge is 0.338 e. The molecule has 0 bridgehead atoms. The molecule has 4 N–H and O–H groups in total. The normalized spacial score (nSPS) is 10.1. The third kappa shape index (κ3) is 6.81. The fraction of sp³-hybridized carbons (Fsp3) is 0.130. The number of nitrogens with two attached hydrogens (primary N) is 1. The molecule has 0 saturated heterocycles. The molecule has 0 fully saturated rings. The Morgan fingerprint density at radius 2 is 1.65 bits per heavy atom. The highest BCUT2D eigenvalue weighted by Gasteiger charge is 2.15. The van der Waals surface area contributed by atoms with E-state index in [0.717, 1.165) is 11.3 Å². The summed E-state index contributed by atoms with van der Waals surface area (Å²) in [5.41, 5.74) is 6.16. The second kappa shape index (κ2) is 11.5. The fourth-order valence-corrected chi connectivity index (χ4v) is 3.52. The van der Waals surface area contributed by atoms with Gasteiger partial charge >= 0.3 is 5.97 Å². The summed E-state index contributed by atoms with van der Waals surface area (Å²) < 4.78 is 15.5. The van der Waals surface area contributed by atoms with E-state index in [4.69, 9.17) is 19.9 Å². The lowest BCUT2D eigenvalue weighted by molar-refractivity contribution is -0.119. The van der Waals surface area contributed by atoms with Crippen LogP contribution >= 0.6 is 11.3 Å². The highest BCUT2D eigenvalue weighted by atomic mass is 32.1. The molecular formula is C23H21N3O7S. The molecule has 2 aromatic carbocycles. The second-order valence-electron chi connectivity index (χ2n) is 6.75. The predicted octanol–water partition coefficient (Wildman–Crippen LogP) is 2.67. The van der Waals surface area contributed by atoms with Crippen molar-refractivity contribution in [2.24, 2.45) is 5.73 Å². The zero-order valence-corrected chi connectivity index (χ0v) is 18.8. The van der Waals surface area contributed by atoms with Crippen molar-refractivity contribution in [1.82, 2.24) is 0 Å². The van der Waals surface area contributed by atoms with Crippen molar-refractivity contribution in [3.05, 3.63) is 71.1 Å². The van der Waals surface area contributed by atoms with E-state index >= 15 is 0 Å². The number of anilines is 2. The number of primary amides is 1. The number of rotatable bonds is 10. The quantitative estimate of drug-likeness (QED) is 0.376. The van der Waals surface area contributed by atoms with Gasteiger partial charge in [-0.25, -0.2) is 4.79 Å². The van der Waals surface area contributed by atoms with Crippen molar-refractivity contribution in [1.29, 1.82) is 0 Å². The average molecular weight is 484 g/mol. The van der Waals surface area contributed by atoms with Gasteiger partial charge in [0.05, 0.1) is 18.2 Å². The van der Waals surface area contributed by atoms with Crippen LogP contribution in [0, 0.1) is 0 Å². The summed E-state index contributed by atoms with van der Waals surface area (Å²) in [6, 6.07) is 14.3. The molecular weight excluding hydrogens is 462 g/mol. The zero-order chi connectivity index (χ0) is 24.5. The van der Waals surface area contributed by atoms with Crippen LogP contribution in [0.15, 0.2) is 60.0 Å². The minimum atomic E-state index is -0.723.